The minimum absolute atomic E-state index is 0.0709. The summed E-state index contributed by atoms with van der Waals surface area (Å²) in [4.78, 5) is 18.9. The van der Waals surface area contributed by atoms with E-state index in [1.54, 1.807) is 7.11 Å². The van der Waals surface area contributed by atoms with Crippen LogP contribution in [0.5, 0.6) is 0 Å². The SMILES string of the molecule is CCN1CCCC2(CC1)NC(=NCCOC)NC2=O. The quantitative estimate of drug-likeness (QED) is 0.702. The smallest absolute Gasteiger partial charge is 0.252 e. The van der Waals surface area contributed by atoms with Gasteiger partial charge in [-0.25, -0.2) is 0 Å². The molecule has 6 heteroatoms. The van der Waals surface area contributed by atoms with E-state index >= 15 is 0 Å². The molecule has 1 spiro atoms. The van der Waals surface area contributed by atoms with Gasteiger partial charge in [-0.05, 0) is 32.4 Å². The number of carbonyl (C=O) groups is 1. The zero-order valence-corrected chi connectivity index (χ0v) is 11.9. The molecule has 0 aliphatic carbocycles. The minimum Gasteiger partial charge on any atom is -0.383 e. The molecule has 0 radical (unpaired) electrons. The lowest BCUT2D eigenvalue weighted by Crippen LogP contribution is -2.47. The molecule has 2 fully saturated rings. The summed E-state index contributed by atoms with van der Waals surface area (Å²) in [6, 6.07) is 0. The van der Waals surface area contributed by atoms with Crippen LogP contribution in [-0.2, 0) is 9.53 Å². The number of likely N-dealkylation sites (tertiary alicyclic amines) is 1. The van der Waals surface area contributed by atoms with Gasteiger partial charge in [-0.3, -0.25) is 15.1 Å². The van der Waals surface area contributed by atoms with Crippen molar-refractivity contribution in [2.75, 3.05) is 39.9 Å². The Balaban J connectivity index is 1.99. The molecule has 0 aromatic rings. The number of ether oxygens (including phenoxy) is 1. The molecule has 1 unspecified atom stereocenters. The standard InChI is InChI=1S/C13H24N4O2/c1-3-17-8-4-5-13(6-9-17)11(18)15-12(16-13)14-7-10-19-2/h3-10H2,1-2H3,(H2,14,15,16,18). The number of aliphatic imine (C=N–C) groups is 1. The summed E-state index contributed by atoms with van der Waals surface area (Å²) in [5, 5.41) is 6.17. The highest BCUT2D eigenvalue weighted by Gasteiger charge is 2.45. The highest BCUT2D eigenvalue weighted by atomic mass is 16.5. The van der Waals surface area contributed by atoms with E-state index in [0.29, 0.717) is 19.1 Å². The fourth-order valence-electron chi connectivity index (χ4n) is 2.73. The zero-order valence-electron chi connectivity index (χ0n) is 11.9. The minimum atomic E-state index is -0.449. The van der Waals surface area contributed by atoms with Crippen LogP contribution in [0.1, 0.15) is 26.2 Å². The molecule has 0 saturated carbocycles. The van der Waals surface area contributed by atoms with E-state index < -0.39 is 5.54 Å². The van der Waals surface area contributed by atoms with Crippen LogP contribution in [0.15, 0.2) is 4.99 Å². The molecule has 19 heavy (non-hydrogen) atoms. The fourth-order valence-corrected chi connectivity index (χ4v) is 2.73. The van der Waals surface area contributed by atoms with Gasteiger partial charge in [0.1, 0.15) is 5.54 Å². The molecule has 0 bridgehead atoms. The molecule has 0 aromatic heterocycles. The fraction of sp³-hybridized carbons (Fsp3) is 0.846. The first-order valence-electron chi connectivity index (χ1n) is 7.05. The van der Waals surface area contributed by atoms with Crippen molar-refractivity contribution in [2.45, 2.75) is 31.7 Å². The largest absolute Gasteiger partial charge is 0.383 e. The van der Waals surface area contributed by atoms with Gasteiger partial charge in [0.15, 0.2) is 5.96 Å². The van der Waals surface area contributed by atoms with Crippen LogP contribution >= 0.6 is 0 Å². The first kappa shape index (κ1) is 14.3. The summed E-state index contributed by atoms with van der Waals surface area (Å²) in [5.41, 5.74) is -0.449. The summed E-state index contributed by atoms with van der Waals surface area (Å²) in [6.07, 6.45) is 2.76. The molecule has 1 amide bonds. The summed E-state index contributed by atoms with van der Waals surface area (Å²) in [5.74, 6) is 0.675. The Morgan fingerprint density at radius 3 is 3.00 bits per heavy atom. The highest BCUT2D eigenvalue weighted by Crippen LogP contribution is 2.25. The molecule has 1 atom stereocenters. The monoisotopic (exact) mass is 268 g/mol. The van der Waals surface area contributed by atoms with Crippen molar-refractivity contribution in [1.82, 2.24) is 15.5 Å². The van der Waals surface area contributed by atoms with Crippen LogP contribution in [0.25, 0.3) is 0 Å². The van der Waals surface area contributed by atoms with E-state index in [0.717, 1.165) is 38.9 Å². The van der Waals surface area contributed by atoms with Gasteiger partial charge in [0.2, 0.25) is 0 Å². The maximum absolute atomic E-state index is 12.2. The molecule has 2 aliphatic heterocycles. The maximum Gasteiger partial charge on any atom is 0.252 e. The number of rotatable bonds is 4. The van der Waals surface area contributed by atoms with Crippen molar-refractivity contribution in [1.29, 1.82) is 0 Å². The van der Waals surface area contributed by atoms with Gasteiger partial charge < -0.3 is 15.0 Å². The predicted molar refractivity (Wildman–Crippen MR) is 74.2 cm³/mol. The number of carbonyl (C=O) groups excluding carboxylic acids is 1. The van der Waals surface area contributed by atoms with Crippen molar-refractivity contribution < 1.29 is 9.53 Å². The molecule has 2 rings (SSSR count). The van der Waals surface area contributed by atoms with Gasteiger partial charge >= 0.3 is 0 Å². The molecular weight excluding hydrogens is 244 g/mol. The van der Waals surface area contributed by atoms with Crippen molar-refractivity contribution in [3.63, 3.8) is 0 Å². The van der Waals surface area contributed by atoms with E-state index in [9.17, 15) is 4.79 Å². The van der Waals surface area contributed by atoms with Crippen molar-refractivity contribution in [3.05, 3.63) is 0 Å². The van der Waals surface area contributed by atoms with Crippen LogP contribution in [0, 0.1) is 0 Å². The van der Waals surface area contributed by atoms with Crippen LogP contribution < -0.4 is 10.6 Å². The Labute approximate surface area is 114 Å². The predicted octanol–water partition coefficient (Wildman–Crippen LogP) is -0.0472. The third-order valence-electron chi connectivity index (χ3n) is 3.97. The third-order valence-corrected chi connectivity index (χ3v) is 3.97. The second-order valence-electron chi connectivity index (χ2n) is 5.17. The second-order valence-corrected chi connectivity index (χ2v) is 5.17. The highest BCUT2D eigenvalue weighted by molar-refractivity contribution is 6.09. The van der Waals surface area contributed by atoms with E-state index in [2.05, 4.69) is 27.4 Å². The lowest BCUT2D eigenvalue weighted by Gasteiger charge is -2.24. The third kappa shape index (κ3) is 3.25. The number of nitrogens with zero attached hydrogens (tertiary/aromatic N) is 2. The average Bonchev–Trinajstić information content (AvgIpc) is 2.59. The normalized spacial score (nSPS) is 30.4. The lowest BCUT2D eigenvalue weighted by molar-refractivity contribution is -0.124. The van der Waals surface area contributed by atoms with E-state index in [1.165, 1.54) is 0 Å². The second kappa shape index (κ2) is 6.34. The van der Waals surface area contributed by atoms with Gasteiger partial charge in [-0.15, -0.1) is 0 Å². The van der Waals surface area contributed by atoms with E-state index in [1.807, 2.05) is 0 Å². The molecule has 0 aromatic carbocycles. The number of nitrogens with one attached hydrogen (secondary N) is 2. The number of methoxy groups -OCH3 is 1. The number of hydrogen-bond donors (Lipinski definition) is 2. The van der Waals surface area contributed by atoms with Crippen LogP contribution in [-0.4, -0.2) is 62.2 Å². The van der Waals surface area contributed by atoms with Gasteiger partial charge in [-0.2, -0.15) is 0 Å². The summed E-state index contributed by atoms with van der Waals surface area (Å²) < 4.78 is 4.96. The van der Waals surface area contributed by atoms with E-state index in [-0.39, 0.29) is 5.91 Å². The van der Waals surface area contributed by atoms with Gasteiger partial charge in [0.05, 0.1) is 13.2 Å². The van der Waals surface area contributed by atoms with E-state index in [4.69, 9.17) is 4.74 Å². The zero-order chi connectivity index (χ0) is 13.7. The first-order chi connectivity index (χ1) is 9.20. The molecule has 2 heterocycles. The van der Waals surface area contributed by atoms with Crippen LogP contribution in [0.3, 0.4) is 0 Å². The molecule has 2 aliphatic rings. The maximum atomic E-state index is 12.2. The first-order valence-corrected chi connectivity index (χ1v) is 7.05. The lowest BCUT2D eigenvalue weighted by atomic mass is 9.91. The molecule has 2 saturated heterocycles. The Kier molecular flexibility index (Phi) is 4.76. The number of amides is 1. The van der Waals surface area contributed by atoms with Crippen molar-refractivity contribution >= 4 is 11.9 Å². The summed E-state index contributed by atoms with van der Waals surface area (Å²) in [6.45, 7) is 6.38. The molecule has 108 valence electrons. The topological polar surface area (TPSA) is 66.0 Å². The Morgan fingerprint density at radius 1 is 1.42 bits per heavy atom. The Hall–Kier alpha value is -1.14. The number of guanidine groups is 1. The summed E-state index contributed by atoms with van der Waals surface area (Å²) in [7, 11) is 1.65. The van der Waals surface area contributed by atoms with Crippen molar-refractivity contribution in [3.8, 4) is 0 Å². The molecular formula is C13H24N4O2. The van der Waals surface area contributed by atoms with Crippen LogP contribution in [0.2, 0.25) is 0 Å². The van der Waals surface area contributed by atoms with Gasteiger partial charge in [0, 0.05) is 13.7 Å². The number of hydrogen-bond acceptors (Lipinski definition) is 4. The van der Waals surface area contributed by atoms with Gasteiger partial charge in [-0.1, -0.05) is 6.92 Å². The average molecular weight is 268 g/mol. The molecule has 2 N–H and O–H groups in total. The van der Waals surface area contributed by atoms with Crippen molar-refractivity contribution in [2.24, 2.45) is 4.99 Å². The van der Waals surface area contributed by atoms with Crippen LogP contribution in [0.4, 0.5) is 0 Å². The summed E-state index contributed by atoms with van der Waals surface area (Å²) >= 11 is 0. The Bertz CT molecular complexity index is 359. The Morgan fingerprint density at radius 2 is 2.26 bits per heavy atom. The van der Waals surface area contributed by atoms with Gasteiger partial charge in [0.25, 0.3) is 5.91 Å². The molecule has 6 nitrogen and oxygen atoms in total.